The summed E-state index contributed by atoms with van der Waals surface area (Å²) in [7, 11) is 0. The topological polar surface area (TPSA) is 29.5 Å². The molecule has 19 heavy (non-hydrogen) atoms. The predicted molar refractivity (Wildman–Crippen MR) is 80.7 cm³/mol. The van der Waals surface area contributed by atoms with Gasteiger partial charge in [-0.25, -0.2) is 0 Å². The van der Waals surface area contributed by atoms with Crippen molar-refractivity contribution in [2.45, 2.75) is 26.4 Å². The molecule has 3 heteroatoms. The zero-order valence-electron chi connectivity index (χ0n) is 11.1. The first-order chi connectivity index (χ1) is 9.10. The Morgan fingerprint density at radius 2 is 2.00 bits per heavy atom. The van der Waals surface area contributed by atoms with Crippen molar-refractivity contribution in [3.8, 4) is 11.5 Å². The molecule has 100 valence electrons. The molecule has 0 aliphatic heterocycles. The lowest BCUT2D eigenvalue weighted by Gasteiger charge is -2.11. The lowest BCUT2D eigenvalue weighted by molar-refractivity contribution is 0.199. The van der Waals surface area contributed by atoms with Gasteiger partial charge >= 0.3 is 0 Å². The third kappa shape index (κ3) is 3.58. The number of ether oxygens (including phenoxy) is 1. The average Bonchev–Trinajstić information content (AvgIpc) is 2.41. The molecule has 2 aromatic rings. The molecule has 0 aromatic heterocycles. The van der Waals surface area contributed by atoms with E-state index in [4.69, 9.17) is 4.74 Å². The van der Waals surface area contributed by atoms with Gasteiger partial charge in [0.05, 0.1) is 10.6 Å². The van der Waals surface area contributed by atoms with E-state index in [-0.39, 0.29) is 0 Å². The molecule has 0 saturated heterocycles. The zero-order valence-corrected chi connectivity index (χ0v) is 12.6. The second-order valence-corrected chi connectivity index (χ2v) is 5.32. The molecule has 0 radical (unpaired) electrons. The van der Waals surface area contributed by atoms with Crippen LogP contribution >= 0.6 is 15.9 Å². The van der Waals surface area contributed by atoms with Gasteiger partial charge in [-0.15, -0.1) is 0 Å². The maximum absolute atomic E-state index is 9.54. The molecule has 0 amide bonds. The Hall–Kier alpha value is -1.32. The summed E-state index contributed by atoms with van der Waals surface area (Å²) in [5.74, 6) is 1.57. The van der Waals surface area contributed by atoms with E-state index >= 15 is 0 Å². The zero-order chi connectivity index (χ0) is 13.8. The van der Waals surface area contributed by atoms with Crippen LogP contribution in [0.15, 0.2) is 46.9 Å². The molecule has 1 atom stereocenters. The van der Waals surface area contributed by atoms with Crippen LogP contribution in [0.5, 0.6) is 11.5 Å². The molecule has 2 aromatic carbocycles. The Bertz CT molecular complexity index is 564. The third-order valence-corrected chi connectivity index (χ3v) is 3.59. The normalized spacial score (nSPS) is 12.2. The lowest BCUT2D eigenvalue weighted by atomic mass is 10.1. The van der Waals surface area contributed by atoms with Gasteiger partial charge in [0, 0.05) is 0 Å². The molecule has 0 spiro atoms. The summed E-state index contributed by atoms with van der Waals surface area (Å²) < 4.78 is 6.70. The Morgan fingerprint density at radius 1 is 1.21 bits per heavy atom. The van der Waals surface area contributed by atoms with E-state index in [0.29, 0.717) is 0 Å². The summed E-state index contributed by atoms with van der Waals surface area (Å²) in [4.78, 5) is 0. The molecule has 0 heterocycles. The summed E-state index contributed by atoms with van der Waals surface area (Å²) in [6.07, 6.45) is 0.507. The SMILES string of the molecule is CCc1cccc(Oc2ccc(C(C)O)cc2Br)c1. The summed E-state index contributed by atoms with van der Waals surface area (Å²) in [6, 6.07) is 13.7. The standard InChI is InChI=1S/C16H17BrO2/c1-3-12-5-4-6-14(9-12)19-16-8-7-13(11(2)18)10-15(16)17/h4-11,18H,3H2,1-2H3. The Kier molecular flexibility index (Phi) is 4.61. The highest BCUT2D eigenvalue weighted by molar-refractivity contribution is 9.10. The Labute approximate surface area is 122 Å². The molecule has 2 rings (SSSR count). The van der Waals surface area contributed by atoms with Crippen LogP contribution in [0, 0.1) is 0 Å². The first-order valence-corrected chi connectivity index (χ1v) is 7.13. The van der Waals surface area contributed by atoms with E-state index in [1.54, 1.807) is 6.92 Å². The second kappa shape index (κ2) is 6.22. The number of benzene rings is 2. The highest BCUT2D eigenvalue weighted by atomic mass is 79.9. The fourth-order valence-corrected chi connectivity index (χ4v) is 2.29. The Balaban J connectivity index is 2.23. The highest BCUT2D eigenvalue weighted by Gasteiger charge is 2.07. The number of aliphatic hydroxyl groups excluding tert-OH is 1. The first kappa shape index (κ1) is 14.1. The molecule has 0 aliphatic carbocycles. The number of aryl methyl sites for hydroxylation is 1. The van der Waals surface area contributed by atoms with Crippen LogP contribution in [0.25, 0.3) is 0 Å². The van der Waals surface area contributed by atoms with Crippen LogP contribution < -0.4 is 4.74 Å². The van der Waals surface area contributed by atoms with E-state index in [1.165, 1.54) is 5.56 Å². The van der Waals surface area contributed by atoms with E-state index < -0.39 is 6.10 Å². The van der Waals surface area contributed by atoms with Gasteiger partial charge in [0.1, 0.15) is 11.5 Å². The van der Waals surface area contributed by atoms with Crippen molar-refractivity contribution in [2.75, 3.05) is 0 Å². The monoisotopic (exact) mass is 320 g/mol. The van der Waals surface area contributed by atoms with Crippen molar-refractivity contribution < 1.29 is 9.84 Å². The van der Waals surface area contributed by atoms with Gasteiger partial charge in [-0.1, -0.05) is 25.1 Å². The van der Waals surface area contributed by atoms with Gasteiger partial charge in [0.2, 0.25) is 0 Å². The van der Waals surface area contributed by atoms with Crippen LogP contribution in [0.4, 0.5) is 0 Å². The fourth-order valence-electron chi connectivity index (χ4n) is 1.82. The quantitative estimate of drug-likeness (QED) is 0.871. The third-order valence-electron chi connectivity index (χ3n) is 2.97. The van der Waals surface area contributed by atoms with Crippen LogP contribution in [0.2, 0.25) is 0 Å². The van der Waals surface area contributed by atoms with Crippen molar-refractivity contribution in [3.05, 3.63) is 58.1 Å². The number of hydrogen-bond donors (Lipinski definition) is 1. The van der Waals surface area contributed by atoms with Crippen molar-refractivity contribution in [1.82, 2.24) is 0 Å². The van der Waals surface area contributed by atoms with Crippen LogP contribution in [0.1, 0.15) is 31.1 Å². The Morgan fingerprint density at radius 3 is 2.63 bits per heavy atom. The maximum atomic E-state index is 9.54. The molecular formula is C16H17BrO2. The summed E-state index contributed by atoms with van der Waals surface area (Å²) in [5.41, 5.74) is 2.11. The van der Waals surface area contributed by atoms with Crippen molar-refractivity contribution in [1.29, 1.82) is 0 Å². The number of halogens is 1. The van der Waals surface area contributed by atoms with Gasteiger partial charge in [0.15, 0.2) is 0 Å². The maximum Gasteiger partial charge on any atom is 0.141 e. The van der Waals surface area contributed by atoms with E-state index in [9.17, 15) is 5.11 Å². The van der Waals surface area contributed by atoms with Gasteiger partial charge < -0.3 is 9.84 Å². The first-order valence-electron chi connectivity index (χ1n) is 6.34. The number of rotatable bonds is 4. The van der Waals surface area contributed by atoms with Gasteiger partial charge in [0.25, 0.3) is 0 Å². The smallest absolute Gasteiger partial charge is 0.141 e. The van der Waals surface area contributed by atoms with Crippen molar-refractivity contribution in [3.63, 3.8) is 0 Å². The molecule has 0 saturated carbocycles. The predicted octanol–water partition coefficient (Wildman–Crippen LogP) is 4.86. The molecule has 0 fully saturated rings. The van der Waals surface area contributed by atoms with Gasteiger partial charge in [-0.2, -0.15) is 0 Å². The van der Waals surface area contributed by atoms with E-state index in [1.807, 2.05) is 36.4 Å². The largest absolute Gasteiger partial charge is 0.456 e. The van der Waals surface area contributed by atoms with E-state index in [2.05, 4.69) is 28.9 Å². The molecule has 0 bridgehead atoms. The minimum absolute atomic E-state index is 0.478. The summed E-state index contributed by atoms with van der Waals surface area (Å²) >= 11 is 3.47. The number of hydrogen-bond acceptors (Lipinski definition) is 2. The van der Waals surface area contributed by atoms with Crippen LogP contribution in [-0.2, 0) is 6.42 Å². The van der Waals surface area contributed by atoms with Crippen LogP contribution in [0.3, 0.4) is 0 Å². The highest BCUT2D eigenvalue weighted by Crippen LogP contribution is 2.32. The number of aliphatic hydroxyl groups is 1. The molecule has 1 unspecified atom stereocenters. The van der Waals surface area contributed by atoms with Crippen LogP contribution in [-0.4, -0.2) is 5.11 Å². The van der Waals surface area contributed by atoms with Gasteiger partial charge in [-0.3, -0.25) is 0 Å². The lowest BCUT2D eigenvalue weighted by Crippen LogP contribution is -1.92. The summed E-state index contributed by atoms with van der Waals surface area (Å²) in [6.45, 7) is 3.86. The van der Waals surface area contributed by atoms with E-state index in [0.717, 1.165) is 28.0 Å². The molecule has 0 aliphatic rings. The summed E-state index contributed by atoms with van der Waals surface area (Å²) in [5, 5.41) is 9.54. The average molecular weight is 321 g/mol. The minimum Gasteiger partial charge on any atom is -0.456 e. The van der Waals surface area contributed by atoms with Crippen molar-refractivity contribution in [2.24, 2.45) is 0 Å². The molecule has 1 N–H and O–H groups in total. The molecule has 2 nitrogen and oxygen atoms in total. The fraction of sp³-hybridized carbons (Fsp3) is 0.250. The van der Waals surface area contributed by atoms with Crippen molar-refractivity contribution >= 4 is 15.9 Å². The molecular weight excluding hydrogens is 304 g/mol. The van der Waals surface area contributed by atoms with Gasteiger partial charge in [-0.05, 0) is 64.7 Å². The second-order valence-electron chi connectivity index (χ2n) is 4.47. The minimum atomic E-state index is -0.478.